The van der Waals surface area contributed by atoms with Crippen LogP contribution in [0.25, 0.3) is 22.2 Å². The van der Waals surface area contributed by atoms with Crippen molar-refractivity contribution >= 4 is 40.0 Å². The smallest absolute Gasteiger partial charge is 0.222 e. The van der Waals surface area contributed by atoms with Gasteiger partial charge in [0, 0.05) is 34.3 Å². The monoisotopic (exact) mass is 483 g/mol. The van der Waals surface area contributed by atoms with E-state index in [1.54, 1.807) is 18.5 Å². The fourth-order valence-electron chi connectivity index (χ4n) is 3.47. The number of rotatable bonds is 7. The summed E-state index contributed by atoms with van der Waals surface area (Å²) in [7, 11) is 0. The number of para-hydroxylation sites is 1. The van der Waals surface area contributed by atoms with E-state index in [0.717, 1.165) is 22.3 Å². The lowest BCUT2D eigenvalue weighted by molar-refractivity contribution is -0.124. The molecule has 9 heteroatoms. The van der Waals surface area contributed by atoms with Gasteiger partial charge in [-0.15, -0.1) is 0 Å². The Kier molecular flexibility index (Phi) is 6.81. The molecule has 0 spiro atoms. The Bertz CT molecular complexity index is 1320. The van der Waals surface area contributed by atoms with Crippen molar-refractivity contribution in [1.82, 2.24) is 25.5 Å². The molecule has 3 heterocycles. The second kappa shape index (κ2) is 9.77. The summed E-state index contributed by atoms with van der Waals surface area (Å²) in [4.78, 5) is 21.1. The summed E-state index contributed by atoms with van der Waals surface area (Å²) in [5, 5.41) is 11.8. The SMILES string of the molecule is Cc1cc(-c2[nH]ncc2Cl)c2cccc(OCc3c(Cl)ccnc3CNC(=O)C(C)C)c2n1. The molecule has 4 aromatic rings. The minimum absolute atomic E-state index is 0.0534. The van der Waals surface area contributed by atoms with E-state index < -0.39 is 0 Å². The fraction of sp³-hybridized carbons (Fsp3) is 0.250. The highest BCUT2D eigenvalue weighted by Gasteiger charge is 2.16. The molecule has 0 aliphatic carbocycles. The number of carbonyl (C=O) groups excluding carboxylic acids is 1. The molecular weight excluding hydrogens is 461 g/mol. The van der Waals surface area contributed by atoms with Crippen LogP contribution < -0.4 is 10.1 Å². The zero-order valence-electron chi connectivity index (χ0n) is 18.4. The number of H-pyrrole nitrogens is 1. The van der Waals surface area contributed by atoms with Crippen LogP contribution in [-0.4, -0.2) is 26.1 Å². The standard InChI is InChI=1S/C24H23Cl2N5O2/c1-13(2)24(32)28-11-20-17(18(25)7-8-27-20)12-33-21-6-4-5-15-16(9-14(3)30-23(15)21)22-19(26)10-29-31-22/h4-10,13H,11-12H2,1-3H3,(H,28,32)(H,29,31). The highest BCUT2D eigenvalue weighted by Crippen LogP contribution is 2.35. The molecule has 1 amide bonds. The van der Waals surface area contributed by atoms with Gasteiger partial charge in [0.15, 0.2) is 0 Å². The van der Waals surface area contributed by atoms with Crippen LogP contribution in [0.2, 0.25) is 10.0 Å². The van der Waals surface area contributed by atoms with Gasteiger partial charge in [-0.3, -0.25) is 14.9 Å². The summed E-state index contributed by atoms with van der Waals surface area (Å²) in [6, 6.07) is 9.39. The molecule has 0 bridgehead atoms. The van der Waals surface area contributed by atoms with Gasteiger partial charge < -0.3 is 10.1 Å². The summed E-state index contributed by atoms with van der Waals surface area (Å²) >= 11 is 12.8. The van der Waals surface area contributed by atoms with Gasteiger partial charge in [-0.25, -0.2) is 4.98 Å². The second-order valence-corrected chi connectivity index (χ2v) is 8.75. The Hall–Kier alpha value is -3.16. The topological polar surface area (TPSA) is 92.8 Å². The van der Waals surface area contributed by atoms with E-state index >= 15 is 0 Å². The van der Waals surface area contributed by atoms with E-state index in [1.165, 1.54) is 0 Å². The Morgan fingerprint density at radius 2 is 2.03 bits per heavy atom. The molecule has 3 aromatic heterocycles. The van der Waals surface area contributed by atoms with Gasteiger partial charge in [0.05, 0.1) is 34.2 Å². The van der Waals surface area contributed by atoms with Crippen LogP contribution in [0.3, 0.4) is 0 Å². The Balaban J connectivity index is 1.66. The first kappa shape index (κ1) is 23.0. The van der Waals surface area contributed by atoms with Crippen molar-refractivity contribution in [2.45, 2.75) is 33.9 Å². The zero-order valence-corrected chi connectivity index (χ0v) is 20.0. The van der Waals surface area contributed by atoms with E-state index in [1.807, 2.05) is 45.0 Å². The normalized spacial score (nSPS) is 11.2. The molecule has 0 radical (unpaired) electrons. The molecule has 0 saturated heterocycles. The number of ether oxygens (including phenoxy) is 1. The second-order valence-electron chi connectivity index (χ2n) is 7.94. The molecule has 0 aliphatic heterocycles. The van der Waals surface area contributed by atoms with Crippen LogP contribution in [0.4, 0.5) is 0 Å². The van der Waals surface area contributed by atoms with Gasteiger partial charge in [-0.2, -0.15) is 5.10 Å². The third-order valence-electron chi connectivity index (χ3n) is 5.21. The summed E-state index contributed by atoms with van der Waals surface area (Å²) in [6.07, 6.45) is 3.19. The molecule has 170 valence electrons. The molecule has 7 nitrogen and oxygen atoms in total. The molecule has 0 saturated carbocycles. The highest BCUT2D eigenvalue weighted by molar-refractivity contribution is 6.33. The quantitative estimate of drug-likeness (QED) is 0.362. The van der Waals surface area contributed by atoms with Crippen LogP contribution in [0.1, 0.15) is 30.8 Å². The minimum atomic E-state index is -0.119. The maximum Gasteiger partial charge on any atom is 0.222 e. The van der Waals surface area contributed by atoms with Gasteiger partial charge in [0.2, 0.25) is 5.91 Å². The van der Waals surface area contributed by atoms with Crippen molar-refractivity contribution in [2.75, 3.05) is 0 Å². The average molecular weight is 484 g/mol. The van der Waals surface area contributed by atoms with Crippen LogP contribution in [0.5, 0.6) is 5.75 Å². The predicted molar refractivity (Wildman–Crippen MR) is 129 cm³/mol. The van der Waals surface area contributed by atoms with Crippen molar-refractivity contribution in [1.29, 1.82) is 0 Å². The first-order valence-corrected chi connectivity index (χ1v) is 11.2. The molecule has 4 rings (SSSR count). The van der Waals surface area contributed by atoms with Gasteiger partial charge in [0.1, 0.15) is 17.9 Å². The lowest BCUT2D eigenvalue weighted by atomic mass is 10.0. The summed E-state index contributed by atoms with van der Waals surface area (Å²) < 4.78 is 6.18. The molecule has 2 N–H and O–H groups in total. The fourth-order valence-corrected chi connectivity index (χ4v) is 3.89. The number of aromatic nitrogens is 4. The van der Waals surface area contributed by atoms with E-state index in [2.05, 4.69) is 20.5 Å². The number of nitrogens with zero attached hydrogens (tertiary/aromatic N) is 3. The molecule has 0 fully saturated rings. The number of fused-ring (bicyclic) bond motifs is 1. The number of amides is 1. The number of benzene rings is 1. The molecule has 1 aromatic carbocycles. The molecule has 0 atom stereocenters. The Labute approximate surface area is 201 Å². The molecule has 0 unspecified atom stereocenters. The minimum Gasteiger partial charge on any atom is -0.486 e. The lowest BCUT2D eigenvalue weighted by Crippen LogP contribution is -2.28. The van der Waals surface area contributed by atoms with Crippen LogP contribution >= 0.6 is 23.2 Å². The van der Waals surface area contributed by atoms with Gasteiger partial charge >= 0.3 is 0 Å². The van der Waals surface area contributed by atoms with Gasteiger partial charge in [0.25, 0.3) is 0 Å². The summed E-state index contributed by atoms with van der Waals surface area (Å²) in [5.74, 6) is 0.430. The number of nitrogens with one attached hydrogen (secondary N) is 2. The van der Waals surface area contributed by atoms with Crippen molar-refractivity contribution in [3.8, 4) is 17.0 Å². The van der Waals surface area contributed by atoms with Gasteiger partial charge in [-0.05, 0) is 25.1 Å². The van der Waals surface area contributed by atoms with E-state index in [9.17, 15) is 4.79 Å². The van der Waals surface area contributed by atoms with E-state index in [0.29, 0.717) is 32.6 Å². The number of aryl methyl sites for hydroxylation is 1. The van der Waals surface area contributed by atoms with Crippen molar-refractivity contribution in [2.24, 2.45) is 5.92 Å². The van der Waals surface area contributed by atoms with Crippen molar-refractivity contribution < 1.29 is 9.53 Å². The number of pyridine rings is 2. The van der Waals surface area contributed by atoms with Crippen LogP contribution in [0.15, 0.2) is 42.7 Å². The van der Waals surface area contributed by atoms with Crippen LogP contribution in [-0.2, 0) is 17.9 Å². The highest BCUT2D eigenvalue weighted by atomic mass is 35.5. The van der Waals surface area contributed by atoms with Crippen LogP contribution in [0, 0.1) is 12.8 Å². The maximum absolute atomic E-state index is 12.0. The van der Waals surface area contributed by atoms with Crippen molar-refractivity contribution in [3.63, 3.8) is 0 Å². The summed E-state index contributed by atoms with van der Waals surface area (Å²) in [5.41, 5.74) is 4.50. The predicted octanol–water partition coefficient (Wildman–Crippen LogP) is 5.49. The molecule has 33 heavy (non-hydrogen) atoms. The first-order valence-electron chi connectivity index (χ1n) is 10.5. The molecular formula is C24H23Cl2N5O2. The van der Waals surface area contributed by atoms with E-state index in [4.69, 9.17) is 32.9 Å². The average Bonchev–Trinajstić information content (AvgIpc) is 3.21. The third kappa shape index (κ3) is 4.94. The third-order valence-corrected chi connectivity index (χ3v) is 5.85. The molecule has 0 aliphatic rings. The number of hydrogen-bond acceptors (Lipinski definition) is 5. The van der Waals surface area contributed by atoms with Gasteiger partial charge in [-0.1, -0.05) is 49.2 Å². The largest absolute Gasteiger partial charge is 0.486 e. The first-order chi connectivity index (χ1) is 15.8. The van der Waals surface area contributed by atoms with Crippen molar-refractivity contribution in [3.05, 3.63) is 69.7 Å². The number of hydrogen-bond donors (Lipinski definition) is 2. The summed E-state index contributed by atoms with van der Waals surface area (Å²) in [6.45, 7) is 6.04. The number of aromatic amines is 1. The Morgan fingerprint density at radius 1 is 1.21 bits per heavy atom. The number of halogens is 2. The zero-order chi connectivity index (χ0) is 23.5. The maximum atomic E-state index is 12.0. The number of carbonyl (C=O) groups is 1. The Morgan fingerprint density at radius 3 is 2.76 bits per heavy atom. The van der Waals surface area contributed by atoms with E-state index in [-0.39, 0.29) is 25.0 Å². The lowest BCUT2D eigenvalue weighted by Gasteiger charge is -2.15.